The van der Waals surface area contributed by atoms with Crippen LogP contribution in [0.25, 0.3) is 0 Å². The first-order chi connectivity index (χ1) is 9.72. The standard InChI is InChI=1S/C15H14BrClN2S/c16-10-1-3-12(18-8-10)9-19-14-5-6-20-15-4-2-11(17)7-13(14)15/h1-4,7-8,14,19H,5-6,9H2. The van der Waals surface area contributed by atoms with Gasteiger partial charge in [0.05, 0.1) is 5.69 Å². The van der Waals surface area contributed by atoms with Crippen LogP contribution < -0.4 is 5.32 Å². The summed E-state index contributed by atoms with van der Waals surface area (Å²) in [5.41, 5.74) is 2.36. The van der Waals surface area contributed by atoms with Gasteiger partial charge in [-0.15, -0.1) is 11.8 Å². The molecule has 1 aliphatic heterocycles. The summed E-state index contributed by atoms with van der Waals surface area (Å²) < 4.78 is 1.01. The van der Waals surface area contributed by atoms with Crippen molar-refractivity contribution in [2.75, 3.05) is 5.75 Å². The lowest BCUT2D eigenvalue weighted by Gasteiger charge is -2.26. The average molecular weight is 370 g/mol. The van der Waals surface area contributed by atoms with E-state index in [1.165, 1.54) is 10.5 Å². The van der Waals surface area contributed by atoms with E-state index in [4.69, 9.17) is 11.6 Å². The first-order valence-electron chi connectivity index (χ1n) is 6.48. The molecule has 0 radical (unpaired) electrons. The summed E-state index contributed by atoms with van der Waals surface area (Å²) in [7, 11) is 0. The predicted molar refractivity (Wildman–Crippen MR) is 88.3 cm³/mol. The van der Waals surface area contributed by atoms with Crippen LogP contribution in [0.2, 0.25) is 5.02 Å². The van der Waals surface area contributed by atoms with E-state index in [-0.39, 0.29) is 0 Å². The molecular formula is C15H14BrClN2S. The summed E-state index contributed by atoms with van der Waals surface area (Å²) in [4.78, 5) is 5.73. The van der Waals surface area contributed by atoms with Gasteiger partial charge < -0.3 is 5.32 Å². The zero-order chi connectivity index (χ0) is 13.9. The van der Waals surface area contributed by atoms with Crippen molar-refractivity contribution in [3.8, 4) is 0 Å². The number of rotatable bonds is 3. The minimum absolute atomic E-state index is 0.357. The van der Waals surface area contributed by atoms with E-state index in [9.17, 15) is 0 Å². The third-order valence-corrected chi connectivity index (χ3v) is 5.16. The van der Waals surface area contributed by atoms with Crippen LogP contribution >= 0.6 is 39.3 Å². The summed E-state index contributed by atoms with van der Waals surface area (Å²) in [5.74, 6) is 1.14. The quantitative estimate of drug-likeness (QED) is 0.839. The second-order valence-corrected chi connectivity index (χ2v) is 7.21. The molecule has 104 valence electrons. The van der Waals surface area contributed by atoms with Gasteiger partial charge in [-0.25, -0.2) is 0 Å². The van der Waals surface area contributed by atoms with Gasteiger partial charge in [0, 0.05) is 33.2 Å². The van der Waals surface area contributed by atoms with Crippen molar-refractivity contribution in [3.05, 3.63) is 57.3 Å². The highest BCUT2D eigenvalue weighted by molar-refractivity contribution is 9.10. The van der Waals surface area contributed by atoms with Crippen molar-refractivity contribution in [2.24, 2.45) is 0 Å². The van der Waals surface area contributed by atoms with Gasteiger partial charge in [0.25, 0.3) is 0 Å². The molecule has 5 heteroatoms. The molecule has 0 fully saturated rings. The van der Waals surface area contributed by atoms with Crippen molar-refractivity contribution in [1.82, 2.24) is 10.3 Å². The SMILES string of the molecule is Clc1ccc2c(c1)C(NCc1ccc(Br)cn1)CCS2. The van der Waals surface area contributed by atoms with Crippen LogP contribution in [0.3, 0.4) is 0 Å². The van der Waals surface area contributed by atoms with E-state index in [0.29, 0.717) is 6.04 Å². The number of benzene rings is 1. The van der Waals surface area contributed by atoms with Crippen molar-refractivity contribution in [3.63, 3.8) is 0 Å². The van der Waals surface area contributed by atoms with E-state index in [1.54, 1.807) is 0 Å². The van der Waals surface area contributed by atoms with E-state index in [1.807, 2.05) is 36.2 Å². The fraction of sp³-hybridized carbons (Fsp3) is 0.267. The minimum atomic E-state index is 0.357. The van der Waals surface area contributed by atoms with Gasteiger partial charge in [0.2, 0.25) is 0 Å². The van der Waals surface area contributed by atoms with Crippen LogP contribution in [-0.2, 0) is 6.54 Å². The molecule has 1 aromatic carbocycles. The summed E-state index contributed by atoms with van der Waals surface area (Å²) >= 11 is 11.4. The number of fused-ring (bicyclic) bond motifs is 1. The van der Waals surface area contributed by atoms with Crippen LogP contribution in [0.5, 0.6) is 0 Å². The largest absolute Gasteiger partial charge is 0.304 e. The smallest absolute Gasteiger partial charge is 0.0542 e. The van der Waals surface area contributed by atoms with Gasteiger partial charge in [-0.2, -0.15) is 0 Å². The van der Waals surface area contributed by atoms with Gasteiger partial charge in [-0.05, 0) is 64.0 Å². The summed E-state index contributed by atoms with van der Waals surface area (Å²) in [5, 5.41) is 4.40. The Labute approximate surface area is 136 Å². The Balaban J connectivity index is 1.73. The van der Waals surface area contributed by atoms with Gasteiger partial charge >= 0.3 is 0 Å². The molecule has 1 aromatic heterocycles. The lowest BCUT2D eigenvalue weighted by molar-refractivity contribution is 0.505. The molecule has 0 saturated carbocycles. The fourth-order valence-corrected chi connectivity index (χ4v) is 3.84. The van der Waals surface area contributed by atoms with E-state index in [0.717, 1.165) is 33.9 Å². The highest BCUT2D eigenvalue weighted by Gasteiger charge is 2.20. The molecule has 20 heavy (non-hydrogen) atoms. The lowest BCUT2D eigenvalue weighted by Crippen LogP contribution is -2.24. The number of hydrogen-bond donors (Lipinski definition) is 1. The topological polar surface area (TPSA) is 24.9 Å². The highest BCUT2D eigenvalue weighted by Crippen LogP contribution is 2.37. The molecule has 1 atom stereocenters. The van der Waals surface area contributed by atoms with Gasteiger partial charge in [0.15, 0.2) is 0 Å². The summed E-state index contributed by atoms with van der Waals surface area (Å²) in [6.45, 7) is 0.772. The summed E-state index contributed by atoms with van der Waals surface area (Å²) in [6.07, 6.45) is 2.95. The second kappa shape index (κ2) is 6.48. The molecule has 1 aliphatic rings. The Hall–Kier alpha value is -0.550. The second-order valence-electron chi connectivity index (χ2n) is 4.72. The van der Waals surface area contributed by atoms with Gasteiger partial charge in [-0.3, -0.25) is 4.98 Å². The number of nitrogens with zero attached hydrogens (tertiary/aromatic N) is 1. The third-order valence-electron chi connectivity index (χ3n) is 3.33. The Morgan fingerprint density at radius 3 is 3.05 bits per heavy atom. The fourth-order valence-electron chi connectivity index (χ4n) is 2.32. The van der Waals surface area contributed by atoms with E-state index < -0.39 is 0 Å². The molecule has 0 spiro atoms. The maximum absolute atomic E-state index is 6.12. The van der Waals surface area contributed by atoms with Crippen LogP contribution in [0.4, 0.5) is 0 Å². The molecule has 2 aromatic rings. The molecule has 2 nitrogen and oxygen atoms in total. The van der Waals surface area contributed by atoms with Crippen molar-refractivity contribution >= 4 is 39.3 Å². The first-order valence-corrected chi connectivity index (χ1v) is 8.64. The Bertz CT molecular complexity index is 603. The van der Waals surface area contributed by atoms with Crippen LogP contribution in [-0.4, -0.2) is 10.7 Å². The molecule has 0 saturated heterocycles. The number of thioether (sulfide) groups is 1. The number of aromatic nitrogens is 1. The maximum Gasteiger partial charge on any atom is 0.0542 e. The average Bonchev–Trinajstić information content (AvgIpc) is 2.47. The predicted octanol–water partition coefficient (Wildman–Crippen LogP) is 4.82. The third kappa shape index (κ3) is 3.37. The van der Waals surface area contributed by atoms with E-state index in [2.05, 4.69) is 38.4 Å². The number of hydrogen-bond acceptors (Lipinski definition) is 3. The van der Waals surface area contributed by atoms with Crippen molar-refractivity contribution in [1.29, 1.82) is 0 Å². The molecule has 1 unspecified atom stereocenters. The minimum Gasteiger partial charge on any atom is -0.304 e. The molecule has 0 amide bonds. The molecule has 0 aliphatic carbocycles. The molecule has 2 heterocycles. The molecule has 0 bridgehead atoms. The monoisotopic (exact) mass is 368 g/mol. The molecule has 3 rings (SSSR count). The molecule has 1 N–H and O–H groups in total. The van der Waals surface area contributed by atoms with E-state index >= 15 is 0 Å². The Morgan fingerprint density at radius 1 is 1.35 bits per heavy atom. The first kappa shape index (κ1) is 14.4. The van der Waals surface area contributed by atoms with Crippen LogP contribution in [0, 0.1) is 0 Å². The van der Waals surface area contributed by atoms with Crippen LogP contribution in [0.15, 0.2) is 45.9 Å². The van der Waals surface area contributed by atoms with Crippen molar-refractivity contribution < 1.29 is 0 Å². The van der Waals surface area contributed by atoms with Crippen molar-refractivity contribution in [2.45, 2.75) is 23.9 Å². The normalized spacial score (nSPS) is 17.8. The Kier molecular flexibility index (Phi) is 4.66. The van der Waals surface area contributed by atoms with Crippen LogP contribution in [0.1, 0.15) is 23.7 Å². The number of pyridine rings is 1. The Morgan fingerprint density at radius 2 is 2.25 bits per heavy atom. The number of halogens is 2. The van der Waals surface area contributed by atoms with Gasteiger partial charge in [-0.1, -0.05) is 11.6 Å². The number of nitrogens with one attached hydrogen (secondary N) is 1. The lowest BCUT2D eigenvalue weighted by atomic mass is 10.0. The summed E-state index contributed by atoms with van der Waals surface area (Å²) in [6, 6.07) is 10.6. The zero-order valence-corrected chi connectivity index (χ0v) is 13.9. The maximum atomic E-state index is 6.12. The zero-order valence-electron chi connectivity index (χ0n) is 10.8. The van der Waals surface area contributed by atoms with Gasteiger partial charge in [0.1, 0.15) is 0 Å². The highest BCUT2D eigenvalue weighted by atomic mass is 79.9. The molecular weight excluding hydrogens is 356 g/mol.